The van der Waals surface area contributed by atoms with Gasteiger partial charge in [0.1, 0.15) is 10.7 Å². The number of amides is 1. The Morgan fingerprint density at radius 3 is 2.35 bits per heavy atom. The van der Waals surface area contributed by atoms with E-state index in [-0.39, 0.29) is 22.8 Å². The summed E-state index contributed by atoms with van der Waals surface area (Å²) >= 11 is 0. The zero-order chi connectivity index (χ0) is 16.4. The Balaban J connectivity index is 1.60. The first-order valence-corrected chi connectivity index (χ1v) is 9.47. The molecule has 1 aliphatic carbocycles. The molecule has 5 nitrogen and oxygen atoms in total. The van der Waals surface area contributed by atoms with Crippen molar-refractivity contribution in [3.05, 3.63) is 30.1 Å². The Morgan fingerprint density at radius 1 is 1.13 bits per heavy atom. The second-order valence-corrected chi connectivity index (χ2v) is 8.15. The zero-order valence-electron chi connectivity index (χ0n) is 12.9. The van der Waals surface area contributed by atoms with Gasteiger partial charge in [-0.25, -0.2) is 12.8 Å². The van der Waals surface area contributed by atoms with Crippen LogP contribution in [0, 0.1) is 11.7 Å². The summed E-state index contributed by atoms with van der Waals surface area (Å²) in [6, 6.07) is 5.43. The average molecular weight is 340 g/mol. The predicted molar refractivity (Wildman–Crippen MR) is 83.7 cm³/mol. The second-order valence-electron chi connectivity index (χ2n) is 6.25. The minimum absolute atomic E-state index is 0.00942. The summed E-state index contributed by atoms with van der Waals surface area (Å²) in [5.74, 6) is -0.505. The van der Waals surface area contributed by atoms with Gasteiger partial charge in [0.2, 0.25) is 15.9 Å². The third kappa shape index (κ3) is 3.40. The lowest BCUT2D eigenvalue weighted by molar-refractivity contribution is -0.128. The minimum atomic E-state index is -3.81. The summed E-state index contributed by atoms with van der Waals surface area (Å²) < 4.78 is 40.1. The number of nitrogens with zero attached hydrogens (tertiary/aromatic N) is 1. The van der Waals surface area contributed by atoms with Crippen molar-refractivity contribution in [3.8, 4) is 0 Å². The third-order valence-corrected chi connectivity index (χ3v) is 6.66. The Hall–Kier alpha value is -1.47. The van der Waals surface area contributed by atoms with Gasteiger partial charge in [-0.1, -0.05) is 18.6 Å². The normalized spacial score (nSPS) is 20.9. The Kier molecular flexibility index (Phi) is 4.68. The van der Waals surface area contributed by atoms with Crippen LogP contribution >= 0.6 is 0 Å². The smallest absolute Gasteiger partial charge is 0.245 e. The van der Waals surface area contributed by atoms with Crippen LogP contribution in [0.4, 0.5) is 4.39 Å². The van der Waals surface area contributed by atoms with E-state index in [2.05, 4.69) is 5.32 Å². The van der Waals surface area contributed by atoms with Crippen molar-refractivity contribution in [2.75, 3.05) is 13.1 Å². The van der Waals surface area contributed by atoms with E-state index in [1.807, 2.05) is 0 Å². The number of hydrogen-bond acceptors (Lipinski definition) is 3. The molecule has 23 heavy (non-hydrogen) atoms. The Bertz CT molecular complexity index is 680. The molecule has 1 aliphatic heterocycles. The van der Waals surface area contributed by atoms with Crippen molar-refractivity contribution < 1.29 is 17.6 Å². The van der Waals surface area contributed by atoms with Crippen LogP contribution in [0.2, 0.25) is 0 Å². The molecule has 3 rings (SSSR count). The molecule has 1 amide bonds. The van der Waals surface area contributed by atoms with Crippen molar-refractivity contribution in [2.24, 2.45) is 5.92 Å². The molecule has 0 spiro atoms. The number of rotatable bonds is 4. The molecule has 1 saturated heterocycles. The molecule has 1 aromatic rings. The van der Waals surface area contributed by atoms with Crippen molar-refractivity contribution in [3.63, 3.8) is 0 Å². The quantitative estimate of drug-likeness (QED) is 0.910. The molecule has 0 radical (unpaired) electrons. The summed E-state index contributed by atoms with van der Waals surface area (Å²) in [7, 11) is -3.81. The van der Waals surface area contributed by atoms with Gasteiger partial charge in [0.05, 0.1) is 0 Å². The fourth-order valence-corrected chi connectivity index (χ4v) is 4.56. The largest absolute Gasteiger partial charge is 0.353 e. The standard InChI is InChI=1S/C16H21FN2O3S/c17-14-6-1-2-7-15(14)23(21,22)19-10-8-13(9-11-19)18-16(20)12-4-3-5-12/h1-2,6-7,12-13H,3-5,8-11H2,(H,18,20). The van der Waals surface area contributed by atoms with Crippen LogP contribution in [-0.4, -0.2) is 37.8 Å². The zero-order valence-corrected chi connectivity index (χ0v) is 13.7. The molecule has 0 unspecified atom stereocenters. The van der Waals surface area contributed by atoms with Gasteiger partial charge < -0.3 is 5.32 Å². The van der Waals surface area contributed by atoms with Crippen molar-refractivity contribution in [1.82, 2.24) is 9.62 Å². The van der Waals surface area contributed by atoms with Crippen LogP contribution in [0.1, 0.15) is 32.1 Å². The molecule has 2 fully saturated rings. The van der Waals surface area contributed by atoms with Gasteiger partial charge in [0.25, 0.3) is 0 Å². The van der Waals surface area contributed by atoms with Gasteiger partial charge in [-0.2, -0.15) is 4.31 Å². The van der Waals surface area contributed by atoms with Crippen LogP contribution in [0.25, 0.3) is 0 Å². The number of sulfonamides is 1. The molecule has 1 aromatic carbocycles. The molecule has 126 valence electrons. The number of piperidine rings is 1. The number of carbonyl (C=O) groups is 1. The molecule has 0 aromatic heterocycles. The van der Waals surface area contributed by atoms with E-state index in [1.165, 1.54) is 22.5 Å². The topological polar surface area (TPSA) is 66.5 Å². The monoisotopic (exact) mass is 340 g/mol. The van der Waals surface area contributed by atoms with Crippen LogP contribution in [0.15, 0.2) is 29.2 Å². The average Bonchev–Trinajstić information content (AvgIpc) is 2.46. The summed E-state index contributed by atoms with van der Waals surface area (Å²) in [4.78, 5) is 11.7. The number of carbonyl (C=O) groups excluding carboxylic acids is 1. The maximum Gasteiger partial charge on any atom is 0.245 e. The molecule has 1 N–H and O–H groups in total. The first-order chi connectivity index (χ1) is 11.0. The highest BCUT2D eigenvalue weighted by Gasteiger charge is 2.33. The Labute approximate surface area is 135 Å². The highest BCUT2D eigenvalue weighted by Crippen LogP contribution is 2.27. The molecule has 1 heterocycles. The van der Waals surface area contributed by atoms with E-state index in [4.69, 9.17) is 0 Å². The first-order valence-electron chi connectivity index (χ1n) is 8.03. The van der Waals surface area contributed by atoms with Gasteiger partial charge in [-0.05, 0) is 37.8 Å². The SMILES string of the molecule is O=C(NC1CCN(S(=O)(=O)c2ccccc2F)CC1)C1CCC1. The fourth-order valence-electron chi connectivity index (χ4n) is 3.02. The summed E-state index contributed by atoms with van der Waals surface area (Å²) in [5, 5.41) is 3.01. The number of nitrogens with one attached hydrogen (secondary N) is 1. The molecule has 2 aliphatic rings. The summed E-state index contributed by atoms with van der Waals surface area (Å²) in [6.07, 6.45) is 4.13. The number of benzene rings is 1. The van der Waals surface area contributed by atoms with Gasteiger partial charge in [0, 0.05) is 25.0 Å². The van der Waals surface area contributed by atoms with Gasteiger partial charge >= 0.3 is 0 Å². The lowest BCUT2D eigenvalue weighted by Gasteiger charge is -2.33. The van der Waals surface area contributed by atoms with Crippen molar-refractivity contribution >= 4 is 15.9 Å². The lowest BCUT2D eigenvalue weighted by atomic mass is 9.84. The Morgan fingerprint density at radius 2 is 1.78 bits per heavy atom. The van der Waals surface area contributed by atoms with E-state index in [1.54, 1.807) is 0 Å². The lowest BCUT2D eigenvalue weighted by Crippen LogP contribution is -2.48. The van der Waals surface area contributed by atoms with E-state index in [0.29, 0.717) is 25.9 Å². The van der Waals surface area contributed by atoms with E-state index < -0.39 is 15.8 Å². The van der Waals surface area contributed by atoms with Crippen LogP contribution < -0.4 is 5.32 Å². The molecule has 7 heteroatoms. The predicted octanol–water partition coefficient (Wildman–Crippen LogP) is 1.90. The van der Waals surface area contributed by atoms with Crippen molar-refractivity contribution in [2.45, 2.75) is 43.0 Å². The second kappa shape index (κ2) is 6.57. The minimum Gasteiger partial charge on any atom is -0.353 e. The molecular weight excluding hydrogens is 319 g/mol. The first kappa shape index (κ1) is 16.4. The van der Waals surface area contributed by atoms with Crippen LogP contribution in [0.5, 0.6) is 0 Å². The highest BCUT2D eigenvalue weighted by atomic mass is 32.2. The van der Waals surface area contributed by atoms with Gasteiger partial charge in [0.15, 0.2) is 0 Å². The highest BCUT2D eigenvalue weighted by molar-refractivity contribution is 7.89. The molecular formula is C16H21FN2O3S. The maximum atomic E-state index is 13.8. The molecule has 1 saturated carbocycles. The van der Waals surface area contributed by atoms with Crippen LogP contribution in [0.3, 0.4) is 0 Å². The maximum absolute atomic E-state index is 13.8. The van der Waals surface area contributed by atoms with Gasteiger partial charge in [-0.15, -0.1) is 0 Å². The number of hydrogen-bond donors (Lipinski definition) is 1. The summed E-state index contributed by atoms with van der Waals surface area (Å²) in [5.41, 5.74) is 0. The summed E-state index contributed by atoms with van der Waals surface area (Å²) in [6.45, 7) is 0.596. The number of halogens is 1. The molecule has 0 bridgehead atoms. The third-order valence-electron chi connectivity index (χ3n) is 4.73. The van der Waals surface area contributed by atoms with E-state index >= 15 is 0 Å². The molecule has 0 atom stereocenters. The van der Waals surface area contributed by atoms with Crippen molar-refractivity contribution in [1.29, 1.82) is 0 Å². The fraction of sp³-hybridized carbons (Fsp3) is 0.562. The van der Waals surface area contributed by atoms with Gasteiger partial charge in [-0.3, -0.25) is 4.79 Å². The van der Waals surface area contributed by atoms with E-state index in [9.17, 15) is 17.6 Å². The van der Waals surface area contributed by atoms with E-state index in [0.717, 1.165) is 25.3 Å². The van der Waals surface area contributed by atoms with Crippen LogP contribution in [-0.2, 0) is 14.8 Å².